The number of aryl methyl sites for hydroxylation is 1. The molecule has 2 amide bonds. The van der Waals surface area contributed by atoms with E-state index in [-0.39, 0.29) is 12.1 Å². The second-order valence-electron chi connectivity index (χ2n) is 3.92. The number of carbonyl (C=O) groups excluding carboxylic acids is 1. The molecule has 0 aromatic carbocycles. The molecule has 0 fully saturated rings. The highest BCUT2D eigenvalue weighted by Crippen LogP contribution is 2.16. The van der Waals surface area contributed by atoms with Crippen LogP contribution in [-0.4, -0.2) is 27.1 Å². The molecular formula is C12H12N4O3S. The van der Waals surface area contributed by atoms with Crippen LogP contribution in [0.4, 0.5) is 9.93 Å². The fourth-order valence-corrected chi connectivity index (χ4v) is 2.09. The number of carbonyl (C=O) groups is 2. The minimum Gasteiger partial charge on any atom is -0.478 e. The highest BCUT2D eigenvalue weighted by molar-refractivity contribution is 7.15. The monoisotopic (exact) mass is 292 g/mol. The topological polar surface area (TPSA) is 104 Å². The van der Waals surface area contributed by atoms with Crippen LogP contribution in [0.2, 0.25) is 0 Å². The quantitative estimate of drug-likeness (QED) is 0.798. The molecule has 20 heavy (non-hydrogen) atoms. The number of carboxylic acids is 1. The second-order valence-corrected chi connectivity index (χ2v) is 5.16. The van der Waals surface area contributed by atoms with Gasteiger partial charge in [0.2, 0.25) is 0 Å². The van der Waals surface area contributed by atoms with Crippen LogP contribution in [0.3, 0.4) is 0 Å². The van der Waals surface area contributed by atoms with Crippen LogP contribution in [0.5, 0.6) is 0 Å². The van der Waals surface area contributed by atoms with Crippen molar-refractivity contribution in [1.29, 1.82) is 0 Å². The van der Waals surface area contributed by atoms with Crippen LogP contribution >= 0.6 is 11.3 Å². The highest BCUT2D eigenvalue weighted by Gasteiger charge is 2.07. The van der Waals surface area contributed by atoms with Gasteiger partial charge in [-0.05, 0) is 19.1 Å². The van der Waals surface area contributed by atoms with Crippen molar-refractivity contribution in [3.63, 3.8) is 0 Å². The van der Waals surface area contributed by atoms with Crippen molar-refractivity contribution in [2.45, 2.75) is 13.5 Å². The van der Waals surface area contributed by atoms with E-state index < -0.39 is 12.0 Å². The molecule has 0 atom stereocenters. The summed E-state index contributed by atoms with van der Waals surface area (Å²) < 4.78 is 0. The van der Waals surface area contributed by atoms with Crippen LogP contribution in [0, 0.1) is 6.92 Å². The number of hydrogen-bond donors (Lipinski definition) is 3. The molecular weight excluding hydrogens is 280 g/mol. The third-order valence-electron chi connectivity index (χ3n) is 2.34. The number of urea groups is 1. The van der Waals surface area contributed by atoms with Gasteiger partial charge in [-0.15, -0.1) is 11.3 Å². The van der Waals surface area contributed by atoms with Crippen molar-refractivity contribution in [3.8, 4) is 0 Å². The third kappa shape index (κ3) is 3.75. The number of amides is 2. The molecule has 2 aromatic rings. The van der Waals surface area contributed by atoms with E-state index in [1.807, 2.05) is 6.92 Å². The summed E-state index contributed by atoms with van der Waals surface area (Å²) in [5.41, 5.74) is 0.600. The number of thiazole rings is 1. The van der Waals surface area contributed by atoms with E-state index in [2.05, 4.69) is 20.6 Å². The lowest BCUT2D eigenvalue weighted by Gasteiger charge is -2.05. The minimum atomic E-state index is -1.03. The van der Waals surface area contributed by atoms with Crippen LogP contribution < -0.4 is 10.6 Å². The highest BCUT2D eigenvalue weighted by atomic mass is 32.1. The normalized spacial score (nSPS) is 10.1. The maximum atomic E-state index is 11.6. The van der Waals surface area contributed by atoms with Gasteiger partial charge in [-0.25, -0.2) is 14.6 Å². The van der Waals surface area contributed by atoms with E-state index in [1.165, 1.54) is 29.7 Å². The molecule has 0 saturated heterocycles. The Morgan fingerprint density at radius 1 is 1.40 bits per heavy atom. The van der Waals surface area contributed by atoms with Crippen LogP contribution in [-0.2, 0) is 6.54 Å². The molecule has 3 N–H and O–H groups in total. The van der Waals surface area contributed by atoms with Gasteiger partial charge in [0, 0.05) is 17.3 Å². The van der Waals surface area contributed by atoms with E-state index in [9.17, 15) is 9.59 Å². The first kappa shape index (κ1) is 13.9. The Morgan fingerprint density at radius 3 is 2.85 bits per heavy atom. The summed E-state index contributed by atoms with van der Waals surface area (Å²) in [6, 6.07) is 2.39. The largest absolute Gasteiger partial charge is 0.478 e. The van der Waals surface area contributed by atoms with Crippen molar-refractivity contribution in [1.82, 2.24) is 15.3 Å². The number of hydrogen-bond acceptors (Lipinski definition) is 5. The zero-order valence-electron chi connectivity index (χ0n) is 10.6. The Kier molecular flexibility index (Phi) is 4.26. The fourth-order valence-electron chi connectivity index (χ4n) is 1.43. The van der Waals surface area contributed by atoms with Crippen LogP contribution in [0.15, 0.2) is 24.5 Å². The van der Waals surface area contributed by atoms with Crippen molar-refractivity contribution in [2.75, 3.05) is 5.32 Å². The van der Waals surface area contributed by atoms with E-state index in [1.54, 1.807) is 6.20 Å². The Balaban J connectivity index is 1.90. The molecule has 0 bridgehead atoms. The summed E-state index contributed by atoms with van der Waals surface area (Å²) in [5, 5.41) is 14.5. The molecule has 0 radical (unpaired) electrons. The van der Waals surface area contributed by atoms with Gasteiger partial charge in [0.25, 0.3) is 0 Å². The lowest BCUT2D eigenvalue weighted by atomic mass is 10.2. The number of aromatic carboxylic acids is 1. The molecule has 0 aliphatic heterocycles. The summed E-state index contributed by atoms with van der Waals surface area (Å²) in [7, 11) is 0. The predicted octanol–water partition coefficient (Wildman–Crippen LogP) is 1.87. The zero-order chi connectivity index (χ0) is 14.5. The van der Waals surface area contributed by atoms with Crippen molar-refractivity contribution < 1.29 is 14.7 Å². The van der Waals surface area contributed by atoms with Crippen molar-refractivity contribution >= 4 is 28.5 Å². The lowest BCUT2D eigenvalue weighted by Crippen LogP contribution is -2.28. The first-order valence-corrected chi connectivity index (χ1v) is 6.52. The van der Waals surface area contributed by atoms with Gasteiger partial charge in [-0.2, -0.15) is 0 Å². The standard InChI is InChI=1S/C12H12N4O3S/c1-7-5-15-12(20-7)16-11(19)14-6-9-4-8(10(17)18)2-3-13-9/h2-5H,6H2,1H3,(H,17,18)(H2,14,15,16,19). The van der Waals surface area contributed by atoms with Gasteiger partial charge >= 0.3 is 12.0 Å². The van der Waals surface area contributed by atoms with Gasteiger partial charge < -0.3 is 10.4 Å². The van der Waals surface area contributed by atoms with Crippen molar-refractivity contribution in [3.05, 3.63) is 40.7 Å². The average molecular weight is 292 g/mol. The Morgan fingerprint density at radius 2 is 2.20 bits per heavy atom. The molecule has 0 aliphatic carbocycles. The molecule has 8 heteroatoms. The van der Waals surface area contributed by atoms with Gasteiger partial charge in [0.15, 0.2) is 5.13 Å². The number of aromatic nitrogens is 2. The Bertz CT molecular complexity index is 641. The SMILES string of the molecule is Cc1cnc(NC(=O)NCc2cc(C(=O)O)ccn2)s1. The van der Waals surface area contributed by atoms with Gasteiger partial charge in [-0.1, -0.05) is 0 Å². The summed E-state index contributed by atoms with van der Waals surface area (Å²) in [5.74, 6) is -1.03. The van der Waals surface area contributed by atoms with E-state index >= 15 is 0 Å². The number of pyridine rings is 1. The predicted molar refractivity (Wildman–Crippen MR) is 73.9 cm³/mol. The number of nitrogens with one attached hydrogen (secondary N) is 2. The van der Waals surface area contributed by atoms with Crippen LogP contribution in [0.1, 0.15) is 20.9 Å². The van der Waals surface area contributed by atoms with Crippen molar-refractivity contribution in [2.24, 2.45) is 0 Å². The number of rotatable bonds is 4. The van der Waals surface area contributed by atoms with Gasteiger partial charge in [0.05, 0.1) is 17.8 Å². The summed E-state index contributed by atoms with van der Waals surface area (Å²) >= 11 is 1.37. The molecule has 0 spiro atoms. The summed E-state index contributed by atoms with van der Waals surface area (Å²) in [6.45, 7) is 2.03. The minimum absolute atomic E-state index is 0.132. The zero-order valence-corrected chi connectivity index (χ0v) is 11.4. The maximum absolute atomic E-state index is 11.6. The van der Waals surface area contributed by atoms with E-state index in [4.69, 9.17) is 5.11 Å². The number of anilines is 1. The average Bonchev–Trinajstić information content (AvgIpc) is 2.82. The summed E-state index contributed by atoms with van der Waals surface area (Å²) in [4.78, 5) is 31.4. The Hall–Kier alpha value is -2.48. The fraction of sp³-hybridized carbons (Fsp3) is 0.167. The van der Waals surface area contributed by atoms with Gasteiger partial charge in [0.1, 0.15) is 0 Å². The molecule has 104 valence electrons. The first-order chi connectivity index (χ1) is 9.54. The third-order valence-corrected chi connectivity index (χ3v) is 3.16. The molecule has 2 rings (SSSR count). The second kappa shape index (κ2) is 6.11. The number of carboxylic acid groups (broad SMARTS) is 1. The van der Waals surface area contributed by atoms with Gasteiger partial charge in [-0.3, -0.25) is 10.3 Å². The Labute approximate surface area is 118 Å². The molecule has 2 heterocycles. The molecule has 0 aliphatic rings. The molecule has 0 saturated carbocycles. The first-order valence-electron chi connectivity index (χ1n) is 5.70. The molecule has 0 unspecified atom stereocenters. The molecule has 7 nitrogen and oxygen atoms in total. The lowest BCUT2D eigenvalue weighted by molar-refractivity contribution is 0.0696. The summed E-state index contributed by atoms with van der Waals surface area (Å²) in [6.07, 6.45) is 3.06. The van der Waals surface area contributed by atoms with Crippen LogP contribution in [0.25, 0.3) is 0 Å². The maximum Gasteiger partial charge on any atom is 0.335 e. The smallest absolute Gasteiger partial charge is 0.335 e. The molecule has 2 aromatic heterocycles. The number of nitrogens with zero attached hydrogens (tertiary/aromatic N) is 2. The van der Waals surface area contributed by atoms with E-state index in [0.29, 0.717) is 10.8 Å². The van der Waals surface area contributed by atoms with E-state index in [0.717, 1.165) is 4.88 Å².